The summed E-state index contributed by atoms with van der Waals surface area (Å²) in [4.78, 5) is 28.4. The van der Waals surface area contributed by atoms with Crippen molar-refractivity contribution in [2.75, 3.05) is 6.61 Å². The molecule has 21 heavy (non-hydrogen) atoms. The summed E-state index contributed by atoms with van der Waals surface area (Å²) in [6, 6.07) is 0.222. The molecule has 1 fully saturated rings. The molecule has 0 unspecified atom stereocenters. The van der Waals surface area contributed by atoms with E-state index in [2.05, 4.69) is 17.2 Å². The van der Waals surface area contributed by atoms with Crippen molar-refractivity contribution in [2.24, 2.45) is 5.92 Å². The van der Waals surface area contributed by atoms with Crippen LogP contribution < -0.4 is 5.32 Å². The number of carbonyl (C=O) groups is 2. The van der Waals surface area contributed by atoms with Crippen LogP contribution in [0.3, 0.4) is 0 Å². The van der Waals surface area contributed by atoms with Crippen molar-refractivity contribution in [2.45, 2.75) is 52.5 Å². The maximum atomic E-state index is 11.9. The van der Waals surface area contributed by atoms with Crippen molar-refractivity contribution in [1.82, 2.24) is 10.3 Å². The van der Waals surface area contributed by atoms with Gasteiger partial charge in [-0.1, -0.05) is 6.92 Å². The second-order valence-electron chi connectivity index (χ2n) is 5.75. The molecular weight excluding hydrogens is 288 g/mol. The summed E-state index contributed by atoms with van der Waals surface area (Å²) in [5.74, 6) is 0.0563. The van der Waals surface area contributed by atoms with Crippen LogP contribution in [0.4, 0.5) is 0 Å². The summed E-state index contributed by atoms with van der Waals surface area (Å²) in [7, 11) is 0. The Bertz CT molecular complexity index is 519. The lowest BCUT2D eigenvalue weighted by molar-refractivity contribution is -0.125. The minimum Gasteiger partial charge on any atom is -0.451 e. The molecule has 1 aliphatic carbocycles. The van der Waals surface area contributed by atoms with Gasteiger partial charge in [0.1, 0.15) is 4.88 Å². The van der Waals surface area contributed by atoms with Crippen molar-refractivity contribution in [3.63, 3.8) is 0 Å². The minimum absolute atomic E-state index is 0.221. The summed E-state index contributed by atoms with van der Waals surface area (Å²) in [5.41, 5.74) is 0.657. The number of rotatable bonds is 4. The molecule has 0 aromatic carbocycles. The zero-order valence-electron chi connectivity index (χ0n) is 12.8. The first-order valence-corrected chi connectivity index (χ1v) is 8.18. The fourth-order valence-corrected chi connectivity index (χ4v) is 3.40. The third-order valence-corrected chi connectivity index (χ3v) is 4.86. The summed E-state index contributed by atoms with van der Waals surface area (Å²) in [6.45, 7) is 5.62. The van der Waals surface area contributed by atoms with Gasteiger partial charge in [0.05, 0.1) is 10.7 Å². The smallest absolute Gasteiger partial charge is 0.350 e. The summed E-state index contributed by atoms with van der Waals surface area (Å²) in [6.07, 6.45) is 4.30. The molecule has 0 aliphatic heterocycles. The van der Waals surface area contributed by atoms with Crippen LogP contribution in [0.5, 0.6) is 0 Å². The van der Waals surface area contributed by atoms with Gasteiger partial charge in [-0.25, -0.2) is 9.78 Å². The molecule has 1 N–H and O–H groups in total. The van der Waals surface area contributed by atoms with Crippen molar-refractivity contribution >= 4 is 23.2 Å². The van der Waals surface area contributed by atoms with Gasteiger partial charge in [0, 0.05) is 6.04 Å². The molecule has 2 rings (SSSR count). The first-order chi connectivity index (χ1) is 9.95. The van der Waals surface area contributed by atoms with Crippen LogP contribution in [-0.2, 0) is 9.53 Å². The molecule has 1 aromatic heterocycles. The van der Waals surface area contributed by atoms with E-state index in [4.69, 9.17) is 4.74 Å². The van der Waals surface area contributed by atoms with Crippen LogP contribution in [0.1, 0.15) is 53.0 Å². The molecule has 1 amide bonds. The number of thiazole rings is 1. The summed E-state index contributed by atoms with van der Waals surface area (Å²) < 4.78 is 5.07. The van der Waals surface area contributed by atoms with Crippen molar-refractivity contribution < 1.29 is 14.3 Å². The van der Waals surface area contributed by atoms with Crippen molar-refractivity contribution in [1.29, 1.82) is 0 Å². The van der Waals surface area contributed by atoms with E-state index in [-0.39, 0.29) is 18.6 Å². The molecule has 0 saturated heterocycles. The quantitative estimate of drug-likeness (QED) is 0.868. The first-order valence-electron chi connectivity index (χ1n) is 7.36. The van der Waals surface area contributed by atoms with Gasteiger partial charge >= 0.3 is 5.97 Å². The zero-order valence-corrected chi connectivity index (χ0v) is 13.6. The molecular formula is C15H22N2O3S. The van der Waals surface area contributed by atoms with Gasteiger partial charge in [0.15, 0.2) is 6.61 Å². The average molecular weight is 310 g/mol. The standard InChI is InChI=1S/C15H22N2O3S/c1-9-4-6-12(7-5-9)17-13(18)8-20-15(19)14-10(2)16-11(3)21-14/h9,12H,4-8H2,1-3H3,(H,17,18). The molecule has 1 saturated carbocycles. The molecule has 0 bridgehead atoms. The number of carbonyl (C=O) groups excluding carboxylic acids is 2. The maximum Gasteiger partial charge on any atom is 0.350 e. The van der Waals surface area contributed by atoms with Crippen LogP contribution in [-0.4, -0.2) is 29.5 Å². The Balaban J connectivity index is 1.76. The van der Waals surface area contributed by atoms with Crippen LogP contribution in [0.25, 0.3) is 0 Å². The number of amides is 1. The van der Waals surface area contributed by atoms with E-state index < -0.39 is 5.97 Å². The van der Waals surface area contributed by atoms with Crippen LogP contribution in [0, 0.1) is 19.8 Å². The number of hydrogen-bond donors (Lipinski definition) is 1. The molecule has 6 heteroatoms. The van der Waals surface area contributed by atoms with Crippen LogP contribution >= 0.6 is 11.3 Å². The molecule has 0 spiro atoms. The van der Waals surface area contributed by atoms with Crippen LogP contribution in [0.15, 0.2) is 0 Å². The Hall–Kier alpha value is -1.43. The normalized spacial score (nSPS) is 21.9. The first kappa shape index (κ1) is 15.9. The van der Waals surface area contributed by atoms with Crippen LogP contribution in [0.2, 0.25) is 0 Å². The molecule has 0 radical (unpaired) electrons. The Labute approximate surface area is 129 Å². The number of nitrogens with one attached hydrogen (secondary N) is 1. The van der Waals surface area contributed by atoms with Gasteiger partial charge in [-0.3, -0.25) is 4.79 Å². The Kier molecular flexibility index (Phi) is 5.33. The predicted octanol–water partition coefficient (Wildman–Crippen LogP) is 2.61. The van der Waals surface area contributed by atoms with E-state index >= 15 is 0 Å². The van der Waals surface area contributed by atoms with E-state index in [1.165, 1.54) is 11.3 Å². The number of esters is 1. The second-order valence-corrected chi connectivity index (χ2v) is 6.95. The number of aromatic nitrogens is 1. The van der Waals surface area contributed by atoms with Crippen molar-refractivity contribution in [3.8, 4) is 0 Å². The zero-order chi connectivity index (χ0) is 15.4. The van der Waals surface area contributed by atoms with E-state index in [1.54, 1.807) is 6.92 Å². The third-order valence-electron chi connectivity index (χ3n) is 3.80. The fourth-order valence-electron chi connectivity index (χ4n) is 2.59. The molecule has 5 nitrogen and oxygen atoms in total. The van der Waals surface area contributed by atoms with E-state index in [9.17, 15) is 9.59 Å². The lowest BCUT2D eigenvalue weighted by Crippen LogP contribution is -2.39. The topological polar surface area (TPSA) is 68.3 Å². The highest BCUT2D eigenvalue weighted by atomic mass is 32.1. The molecule has 1 aliphatic rings. The van der Waals surface area contributed by atoms with Gasteiger partial charge < -0.3 is 10.1 Å². The highest BCUT2D eigenvalue weighted by Crippen LogP contribution is 2.23. The van der Waals surface area contributed by atoms with Gasteiger partial charge in [-0.2, -0.15) is 0 Å². The summed E-state index contributed by atoms with van der Waals surface area (Å²) >= 11 is 1.29. The average Bonchev–Trinajstić information content (AvgIpc) is 2.78. The Morgan fingerprint density at radius 2 is 1.95 bits per heavy atom. The Morgan fingerprint density at radius 3 is 2.52 bits per heavy atom. The van der Waals surface area contributed by atoms with Gasteiger partial charge in [-0.15, -0.1) is 11.3 Å². The highest BCUT2D eigenvalue weighted by molar-refractivity contribution is 7.13. The summed E-state index contributed by atoms with van der Waals surface area (Å²) in [5, 5.41) is 3.76. The number of hydrogen-bond acceptors (Lipinski definition) is 5. The Morgan fingerprint density at radius 1 is 1.29 bits per heavy atom. The van der Waals surface area contributed by atoms with E-state index in [1.807, 2.05) is 6.92 Å². The molecule has 116 valence electrons. The highest BCUT2D eigenvalue weighted by Gasteiger charge is 2.21. The number of ether oxygens (including phenoxy) is 1. The molecule has 1 heterocycles. The lowest BCUT2D eigenvalue weighted by atomic mass is 9.87. The number of aryl methyl sites for hydroxylation is 2. The van der Waals surface area contributed by atoms with Gasteiger partial charge in [0.25, 0.3) is 5.91 Å². The predicted molar refractivity (Wildman–Crippen MR) is 81.4 cm³/mol. The largest absolute Gasteiger partial charge is 0.451 e. The van der Waals surface area contributed by atoms with Gasteiger partial charge in [-0.05, 0) is 45.4 Å². The monoisotopic (exact) mass is 310 g/mol. The third kappa shape index (κ3) is 4.52. The van der Waals surface area contributed by atoms with E-state index in [0.717, 1.165) is 36.6 Å². The lowest BCUT2D eigenvalue weighted by Gasteiger charge is -2.26. The van der Waals surface area contributed by atoms with Crippen molar-refractivity contribution in [3.05, 3.63) is 15.6 Å². The van der Waals surface area contributed by atoms with E-state index in [0.29, 0.717) is 10.6 Å². The van der Waals surface area contributed by atoms with Gasteiger partial charge in [0.2, 0.25) is 0 Å². The molecule has 0 atom stereocenters. The maximum absolute atomic E-state index is 11.9. The second kappa shape index (κ2) is 7.02. The SMILES string of the molecule is Cc1nc(C)c(C(=O)OCC(=O)NC2CCC(C)CC2)s1. The fraction of sp³-hybridized carbons (Fsp3) is 0.667. The minimum atomic E-state index is -0.467. The molecule has 1 aromatic rings. The number of nitrogens with zero attached hydrogens (tertiary/aromatic N) is 1.